The van der Waals surface area contributed by atoms with Gasteiger partial charge in [-0.15, -0.1) is 0 Å². The molecule has 0 aromatic heterocycles. The van der Waals surface area contributed by atoms with Gasteiger partial charge in [-0.2, -0.15) is 10.2 Å². The lowest BCUT2D eigenvalue weighted by atomic mass is 10.1. The van der Waals surface area contributed by atoms with E-state index in [0.717, 1.165) is 44.6 Å². The van der Waals surface area contributed by atoms with Gasteiger partial charge < -0.3 is 14.2 Å². The molecule has 0 spiro atoms. The Labute approximate surface area is 254 Å². The molecule has 0 aliphatic heterocycles. The van der Waals surface area contributed by atoms with Crippen LogP contribution in [0.4, 0.5) is 20.2 Å². The lowest BCUT2D eigenvalue weighted by Crippen LogP contribution is -2.12. The number of halogens is 2. The van der Waals surface area contributed by atoms with Gasteiger partial charge in [-0.1, -0.05) is 65.2 Å². The van der Waals surface area contributed by atoms with Crippen molar-refractivity contribution in [2.75, 3.05) is 6.61 Å². The second-order valence-corrected chi connectivity index (χ2v) is 10.7. The number of benzene rings is 3. The second-order valence-electron chi connectivity index (χ2n) is 10.7. The molecule has 1 unspecified atom stereocenters. The highest BCUT2D eigenvalue weighted by Crippen LogP contribution is 2.27. The van der Waals surface area contributed by atoms with E-state index < -0.39 is 17.6 Å². The molecular weight excluding hydrogens is 550 g/mol. The third-order valence-corrected chi connectivity index (χ3v) is 6.96. The van der Waals surface area contributed by atoms with Crippen LogP contribution in [-0.2, 0) is 0 Å². The predicted octanol–water partition coefficient (Wildman–Crippen LogP) is 11.1. The van der Waals surface area contributed by atoms with Crippen molar-refractivity contribution in [3.05, 3.63) is 77.9 Å². The van der Waals surface area contributed by atoms with E-state index in [1.807, 2.05) is 6.92 Å². The first kappa shape index (κ1) is 33.7. The van der Waals surface area contributed by atoms with Crippen LogP contribution >= 0.6 is 0 Å². The molecular formula is C35H44F2N2O4. The predicted molar refractivity (Wildman–Crippen MR) is 166 cm³/mol. The summed E-state index contributed by atoms with van der Waals surface area (Å²) in [6, 6.07) is 14.9. The maximum atomic E-state index is 14.6. The van der Waals surface area contributed by atoms with Gasteiger partial charge in [0.25, 0.3) is 0 Å². The molecule has 3 aromatic carbocycles. The Hall–Kier alpha value is -3.81. The standard InChI is InChI=1S/C35H44F2N2O4/c1-4-6-8-10-11-13-23-41-33-21-15-27(24-31(33)36)35(40)43-30-19-16-28(17-20-30)38-39-29-18-22-34(32(37)25-29)42-26(3)14-12-9-7-5-2/h15-22,24-26H,4-14,23H2,1-3H3. The van der Waals surface area contributed by atoms with Crippen LogP contribution in [0.25, 0.3) is 0 Å². The van der Waals surface area contributed by atoms with Crippen LogP contribution in [0.5, 0.6) is 17.2 Å². The highest BCUT2D eigenvalue weighted by molar-refractivity contribution is 5.91. The third kappa shape index (κ3) is 12.1. The van der Waals surface area contributed by atoms with E-state index in [1.54, 1.807) is 36.4 Å². The Bertz CT molecular complexity index is 1300. The van der Waals surface area contributed by atoms with Crippen molar-refractivity contribution in [2.24, 2.45) is 10.2 Å². The molecule has 3 rings (SSSR count). The number of unbranched alkanes of at least 4 members (excludes halogenated alkanes) is 8. The maximum absolute atomic E-state index is 14.6. The van der Waals surface area contributed by atoms with Crippen LogP contribution < -0.4 is 14.2 Å². The highest BCUT2D eigenvalue weighted by atomic mass is 19.1. The van der Waals surface area contributed by atoms with Crippen molar-refractivity contribution >= 4 is 17.3 Å². The Morgan fingerprint density at radius 3 is 2.02 bits per heavy atom. The summed E-state index contributed by atoms with van der Waals surface area (Å²) in [5, 5.41) is 8.22. The van der Waals surface area contributed by atoms with Gasteiger partial charge in [0, 0.05) is 6.07 Å². The monoisotopic (exact) mass is 594 g/mol. The average Bonchev–Trinajstić information content (AvgIpc) is 3.00. The van der Waals surface area contributed by atoms with Crippen LogP contribution in [0.1, 0.15) is 102 Å². The molecule has 0 radical (unpaired) electrons. The summed E-state index contributed by atoms with van der Waals surface area (Å²) in [6.07, 6.45) is 12.1. The van der Waals surface area contributed by atoms with Crippen LogP contribution in [0.3, 0.4) is 0 Å². The van der Waals surface area contributed by atoms with Crippen LogP contribution in [-0.4, -0.2) is 18.7 Å². The van der Waals surface area contributed by atoms with Gasteiger partial charge in [0.05, 0.1) is 29.6 Å². The van der Waals surface area contributed by atoms with E-state index in [0.29, 0.717) is 18.0 Å². The highest BCUT2D eigenvalue weighted by Gasteiger charge is 2.13. The molecule has 0 saturated heterocycles. The molecule has 6 nitrogen and oxygen atoms in total. The number of ether oxygens (including phenoxy) is 3. The van der Waals surface area contributed by atoms with Gasteiger partial charge in [-0.25, -0.2) is 13.6 Å². The van der Waals surface area contributed by atoms with Crippen molar-refractivity contribution in [1.29, 1.82) is 0 Å². The molecule has 1 atom stereocenters. The number of nitrogens with zero attached hydrogens (tertiary/aromatic N) is 2. The minimum absolute atomic E-state index is 0.0708. The molecule has 0 aliphatic rings. The van der Waals surface area contributed by atoms with Gasteiger partial charge in [0.15, 0.2) is 23.1 Å². The number of carbonyl (C=O) groups is 1. The van der Waals surface area contributed by atoms with Crippen molar-refractivity contribution in [3.63, 3.8) is 0 Å². The Morgan fingerprint density at radius 2 is 1.33 bits per heavy atom. The Kier molecular flexibility index (Phi) is 14.6. The fourth-order valence-corrected chi connectivity index (χ4v) is 4.45. The fraction of sp³-hybridized carbons (Fsp3) is 0.457. The smallest absolute Gasteiger partial charge is 0.343 e. The SMILES string of the molecule is CCCCCCCCOc1ccc(C(=O)Oc2ccc(N=Nc3ccc(OC(C)CCCCCC)c(F)c3)cc2)cc1F. The van der Waals surface area contributed by atoms with Crippen molar-refractivity contribution in [2.45, 2.75) is 97.5 Å². The molecule has 0 heterocycles. The summed E-state index contributed by atoms with van der Waals surface area (Å²) < 4.78 is 45.7. The van der Waals surface area contributed by atoms with Gasteiger partial charge in [0.1, 0.15) is 5.75 Å². The van der Waals surface area contributed by atoms with E-state index in [2.05, 4.69) is 24.1 Å². The zero-order chi connectivity index (χ0) is 30.9. The van der Waals surface area contributed by atoms with Crippen LogP contribution in [0.2, 0.25) is 0 Å². The van der Waals surface area contributed by atoms with Crippen molar-refractivity contribution < 1.29 is 27.8 Å². The maximum Gasteiger partial charge on any atom is 0.343 e. The number of hydrogen-bond acceptors (Lipinski definition) is 6. The third-order valence-electron chi connectivity index (χ3n) is 6.96. The minimum atomic E-state index is -0.691. The van der Waals surface area contributed by atoms with Gasteiger partial charge in [-0.3, -0.25) is 0 Å². The van der Waals surface area contributed by atoms with Gasteiger partial charge in [-0.05, 0) is 80.8 Å². The van der Waals surface area contributed by atoms with Crippen LogP contribution in [0.15, 0.2) is 70.9 Å². The number of azo groups is 1. The van der Waals surface area contributed by atoms with E-state index in [1.165, 1.54) is 50.3 Å². The zero-order valence-electron chi connectivity index (χ0n) is 25.6. The summed E-state index contributed by atoms with van der Waals surface area (Å²) in [5.41, 5.74) is 0.907. The number of carbonyl (C=O) groups excluding carboxylic acids is 1. The van der Waals surface area contributed by atoms with E-state index in [4.69, 9.17) is 14.2 Å². The fourth-order valence-electron chi connectivity index (χ4n) is 4.45. The summed E-state index contributed by atoms with van der Waals surface area (Å²) in [4.78, 5) is 12.5. The first-order valence-corrected chi connectivity index (χ1v) is 15.5. The molecule has 0 fully saturated rings. The first-order chi connectivity index (χ1) is 20.9. The summed E-state index contributed by atoms with van der Waals surface area (Å²) in [6.45, 7) is 6.72. The topological polar surface area (TPSA) is 69.5 Å². The molecule has 8 heteroatoms. The van der Waals surface area contributed by atoms with E-state index >= 15 is 0 Å². The van der Waals surface area contributed by atoms with Crippen molar-refractivity contribution in [3.8, 4) is 17.2 Å². The normalized spacial score (nSPS) is 11.9. The van der Waals surface area contributed by atoms with Gasteiger partial charge >= 0.3 is 5.97 Å². The molecule has 0 bridgehead atoms. The second kappa shape index (κ2) is 18.7. The molecule has 43 heavy (non-hydrogen) atoms. The summed E-state index contributed by atoms with van der Waals surface area (Å²) in [7, 11) is 0. The summed E-state index contributed by atoms with van der Waals surface area (Å²) >= 11 is 0. The van der Waals surface area contributed by atoms with E-state index in [-0.39, 0.29) is 28.9 Å². The molecule has 3 aromatic rings. The molecule has 0 amide bonds. The Morgan fingerprint density at radius 1 is 0.721 bits per heavy atom. The first-order valence-electron chi connectivity index (χ1n) is 15.5. The quantitative estimate of drug-likeness (QED) is 0.0599. The van der Waals surface area contributed by atoms with Crippen LogP contribution in [0, 0.1) is 11.6 Å². The minimum Gasteiger partial charge on any atom is -0.491 e. The molecule has 0 N–H and O–H groups in total. The number of rotatable bonds is 19. The molecule has 232 valence electrons. The van der Waals surface area contributed by atoms with Crippen molar-refractivity contribution in [1.82, 2.24) is 0 Å². The largest absolute Gasteiger partial charge is 0.491 e. The zero-order valence-corrected chi connectivity index (χ0v) is 25.6. The summed E-state index contributed by atoms with van der Waals surface area (Å²) in [5.74, 6) is -1.21. The van der Waals surface area contributed by atoms with E-state index in [9.17, 15) is 13.6 Å². The van der Waals surface area contributed by atoms with Gasteiger partial charge in [0.2, 0.25) is 0 Å². The number of esters is 1. The average molecular weight is 595 g/mol. The lowest BCUT2D eigenvalue weighted by Gasteiger charge is -2.15. The molecule has 0 saturated carbocycles. The number of hydrogen-bond donors (Lipinski definition) is 0. The molecule has 0 aliphatic carbocycles. The Balaban J connectivity index is 1.47. The lowest BCUT2D eigenvalue weighted by molar-refractivity contribution is 0.0734.